The van der Waals surface area contributed by atoms with E-state index in [2.05, 4.69) is 55.0 Å². The van der Waals surface area contributed by atoms with Gasteiger partial charge >= 0.3 is 0 Å². The van der Waals surface area contributed by atoms with Crippen LogP contribution in [0.5, 0.6) is 11.8 Å². The van der Waals surface area contributed by atoms with Crippen LogP contribution in [0.4, 0.5) is 0 Å². The van der Waals surface area contributed by atoms with Crippen molar-refractivity contribution in [1.82, 2.24) is 9.97 Å². The minimum atomic E-state index is -3.82. The molecule has 0 saturated heterocycles. The van der Waals surface area contributed by atoms with E-state index in [0.29, 0.717) is 17.8 Å². The molecule has 246 valence electrons. The van der Waals surface area contributed by atoms with Gasteiger partial charge in [0.2, 0.25) is 21.6 Å². The van der Waals surface area contributed by atoms with Crippen molar-refractivity contribution < 1.29 is 27.1 Å². The highest BCUT2D eigenvalue weighted by Gasteiger charge is 2.57. The monoisotopic (exact) mass is 663 g/mol. The van der Waals surface area contributed by atoms with Crippen LogP contribution in [-0.4, -0.2) is 58.2 Å². The zero-order chi connectivity index (χ0) is 32.7. The van der Waals surface area contributed by atoms with E-state index in [-0.39, 0.29) is 35.4 Å². The molecule has 7 rings (SSSR count). The van der Waals surface area contributed by atoms with Crippen LogP contribution in [0.25, 0.3) is 0 Å². The molecule has 1 aromatic heterocycles. The Hall–Kier alpha value is -3.28. The maximum Gasteiger partial charge on any atom is 0.261 e. The molecule has 4 saturated carbocycles. The summed E-state index contributed by atoms with van der Waals surface area (Å²) in [5, 5.41) is 1.65. The molecule has 1 amide bonds. The largest absolute Gasteiger partial charge is 0.475 e. The topological polar surface area (TPSA) is 131 Å². The summed E-state index contributed by atoms with van der Waals surface area (Å²) in [6, 6.07) is 22.1. The first-order valence-corrected chi connectivity index (χ1v) is 20.0. The lowest BCUT2D eigenvalue weighted by Gasteiger charge is -2.58. The van der Waals surface area contributed by atoms with E-state index in [9.17, 15) is 13.2 Å². The van der Waals surface area contributed by atoms with Gasteiger partial charge in [0.15, 0.2) is 6.10 Å². The molecule has 11 heteroatoms. The van der Waals surface area contributed by atoms with E-state index >= 15 is 0 Å². The quantitative estimate of drug-likeness (QED) is 0.173. The van der Waals surface area contributed by atoms with Crippen molar-refractivity contribution in [2.24, 2.45) is 28.9 Å². The van der Waals surface area contributed by atoms with Crippen LogP contribution in [0.3, 0.4) is 0 Å². The Labute approximate surface area is 273 Å². The number of rotatable bonds is 12. The predicted octanol–water partition coefficient (Wildman–Crippen LogP) is 4.28. The van der Waals surface area contributed by atoms with Gasteiger partial charge in [-0.05, 0) is 71.7 Å². The lowest BCUT2D eigenvalue weighted by atomic mass is 9.48. The van der Waals surface area contributed by atoms with Gasteiger partial charge in [0.05, 0.1) is 12.7 Å². The summed E-state index contributed by atoms with van der Waals surface area (Å²) < 4.78 is 44.4. The third-order valence-electron chi connectivity index (χ3n) is 10.2. The number of aromatic nitrogens is 2. The summed E-state index contributed by atoms with van der Waals surface area (Å²) in [5.74, 6) is 1.17. The molecule has 4 aliphatic rings. The molecule has 46 heavy (non-hydrogen) atoms. The fraction of sp³-hybridized carbons (Fsp3) is 0.514. The highest BCUT2D eigenvalue weighted by atomic mass is 32.2. The van der Waals surface area contributed by atoms with Gasteiger partial charge in [0.25, 0.3) is 19.4 Å². The van der Waals surface area contributed by atoms with Gasteiger partial charge in [-0.15, -0.1) is 0 Å². The normalized spacial score (nSPS) is 24.8. The molecule has 9 nitrogen and oxygen atoms in total. The van der Waals surface area contributed by atoms with Crippen LogP contribution in [0.1, 0.15) is 59.3 Å². The summed E-state index contributed by atoms with van der Waals surface area (Å²) >= 11 is 0. The SMILES string of the molecule is CC(C)(C)[Si](OCCOc1cc(OC(C(N)=O)C23CC4CC(CC(C4)C2)C3)nc(S(C)(=O)=O)n1)(c1ccccc1)c1ccccc1. The Kier molecular flexibility index (Phi) is 8.79. The number of carbonyl (C=O) groups excluding carboxylic acids is 1. The van der Waals surface area contributed by atoms with Gasteiger partial charge in [-0.1, -0.05) is 81.4 Å². The van der Waals surface area contributed by atoms with E-state index in [1.807, 2.05) is 36.4 Å². The van der Waals surface area contributed by atoms with Crippen LogP contribution in [0, 0.1) is 23.2 Å². The van der Waals surface area contributed by atoms with Crippen LogP contribution in [0.15, 0.2) is 71.9 Å². The first-order valence-electron chi connectivity index (χ1n) is 16.2. The molecule has 4 bridgehead atoms. The number of benzene rings is 2. The molecule has 4 aliphatic carbocycles. The van der Waals surface area contributed by atoms with E-state index in [1.165, 1.54) is 25.3 Å². The van der Waals surface area contributed by atoms with E-state index in [0.717, 1.165) is 35.9 Å². The lowest BCUT2D eigenvalue weighted by Crippen LogP contribution is -2.66. The fourth-order valence-electron chi connectivity index (χ4n) is 8.89. The molecule has 0 spiro atoms. The van der Waals surface area contributed by atoms with Gasteiger partial charge < -0.3 is 19.6 Å². The summed E-state index contributed by atoms with van der Waals surface area (Å²) in [5.41, 5.74) is 5.61. The van der Waals surface area contributed by atoms with Crippen molar-refractivity contribution in [3.8, 4) is 11.8 Å². The second-order valence-corrected chi connectivity index (χ2v) is 20.9. The first kappa shape index (κ1) is 32.6. The Bertz CT molecular complexity index is 1590. The molecule has 1 heterocycles. The number of ether oxygens (including phenoxy) is 2. The molecule has 2 aromatic carbocycles. The molecule has 3 aromatic rings. The number of sulfone groups is 1. The number of nitrogens with zero attached hydrogens (tertiary/aromatic N) is 2. The molecular weight excluding hydrogens is 619 g/mol. The zero-order valence-corrected chi connectivity index (χ0v) is 29.0. The molecule has 0 radical (unpaired) electrons. The van der Waals surface area contributed by atoms with Gasteiger partial charge in [0.1, 0.15) is 6.61 Å². The zero-order valence-electron chi connectivity index (χ0n) is 27.1. The summed E-state index contributed by atoms with van der Waals surface area (Å²) in [6.07, 6.45) is 6.39. The van der Waals surface area contributed by atoms with Crippen molar-refractivity contribution in [3.05, 3.63) is 66.7 Å². The van der Waals surface area contributed by atoms with Gasteiger partial charge in [-0.2, -0.15) is 9.97 Å². The highest BCUT2D eigenvalue weighted by Crippen LogP contribution is 2.61. The Morgan fingerprint density at radius 3 is 1.85 bits per heavy atom. The van der Waals surface area contributed by atoms with Crippen molar-refractivity contribution in [2.75, 3.05) is 19.5 Å². The Morgan fingerprint density at radius 2 is 1.39 bits per heavy atom. The van der Waals surface area contributed by atoms with Gasteiger partial charge in [-0.3, -0.25) is 4.79 Å². The predicted molar refractivity (Wildman–Crippen MR) is 178 cm³/mol. The van der Waals surface area contributed by atoms with Crippen LogP contribution >= 0.6 is 0 Å². The lowest BCUT2D eigenvalue weighted by molar-refractivity contribution is -0.148. The highest BCUT2D eigenvalue weighted by molar-refractivity contribution is 7.90. The second-order valence-electron chi connectivity index (χ2n) is 14.6. The number of amides is 1. The van der Waals surface area contributed by atoms with Crippen LogP contribution in [0.2, 0.25) is 5.04 Å². The van der Waals surface area contributed by atoms with E-state index < -0.39 is 35.3 Å². The number of nitrogens with two attached hydrogens (primary N) is 1. The van der Waals surface area contributed by atoms with Gasteiger partial charge in [0, 0.05) is 11.7 Å². The van der Waals surface area contributed by atoms with Crippen molar-refractivity contribution in [2.45, 2.75) is 75.6 Å². The average Bonchev–Trinajstić information content (AvgIpc) is 2.99. The van der Waals surface area contributed by atoms with Crippen molar-refractivity contribution in [1.29, 1.82) is 0 Å². The molecule has 1 unspecified atom stereocenters. The molecule has 1 atom stereocenters. The molecule has 2 N–H and O–H groups in total. The number of carbonyl (C=O) groups is 1. The van der Waals surface area contributed by atoms with Gasteiger partial charge in [-0.25, -0.2) is 8.42 Å². The standard InChI is InChI=1S/C35H45N3O6SSi/c1-34(2,3)46(27-11-7-5-8-12-27,28-13-9-6-10-14-28)43-16-15-42-29-20-30(38-33(37-29)45(4,40)41)44-31(32(36)39)35-21-24-17-25(22-35)19-26(18-24)23-35/h5-14,20,24-26,31H,15-19,21-23H2,1-4H3,(H2,36,39). The van der Waals surface area contributed by atoms with Crippen LogP contribution in [-0.2, 0) is 19.1 Å². The maximum atomic E-state index is 12.9. The van der Waals surface area contributed by atoms with Crippen LogP contribution < -0.4 is 25.6 Å². The third kappa shape index (κ3) is 6.33. The first-order chi connectivity index (χ1) is 21.8. The molecule has 0 aliphatic heterocycles. The van der Waals surface area contributed by atoms with E-state index in [4.69, 9.17) is 19.6 Å². The number of hydrogen-bond acceptors (Lipinski definition) is 8. The third-order valence-corrected chi connectivity index (χ3v) is 16.1. The van der Waals surface area contributed by atoms with E-state index in [1.54, 1.807) is 0 Å². The van der Waals surface area contributed by atoms with Crippen molar-refractivity contribution in [3.63, 3.8) is 0 Å². The average molecular weight is 664 g/mol. The summed E-state index contributed by atoms with van der Waals surface area (Å²) in [4.78, 5) is 21.3. The summed E-state index contributed by atoms with van der Waals surface area (Å²) in [7, 11) is -6.61. The molecule has 4 fully saturated rings. The number of hydrogen-bond donors (Lipinski definition) is 1. The Balaban J connectivity index is 1.24. The minimum Gasteiger partial charge on any atom is -0.475 e. The maximum absolute atomic E-state index is 12.9. The second kappa shape index (κ2) is 12.4. The fourth-order valence-corrected chi connectivity index (χ4v) is 13.9. The minimum absolute atomic E-state index is 0.0297. The number of primary amides is 1. The smallest absolute Gasteiger partial charge is 0.261 e. The molecular formula is C35H45N3O6SSi. The summed E-state index contributed by atoms with van der Waals surface area (Å²) in [6.45, 7) is 6.94. The Morgan fingerprint density at radius 1 is 0.891 bits per heavy atom. The van der Waals surface area contributed by atoms with Crippen molar-refractivity contribution >= 4 is 34.4 Å².